The van der Waals surface area contributed by atoms with Crippen LogP contribution in [0.1, 0.15) is 0 Å². The quantitative estimate of drug-likeness (QED) is 0.602. The molecule has 0 radical (unpaired) electrons. The summed E-state index contributed by atoms with van der Waals surface area (Å²) in [6.45, 7) is 0. The molecule has 78 valence electrons. The lowest BCUT2D eigenvalue weighted by Crippen LogP contribution is -2.10. The minimum Gasteiger partial charge on any atom is -0.283 e. The summed E-state index contributed by atoms with van der Waals surface area (Å²) in [5.74, 6) is 0. The summed E-state index contributed by atoms with van der Waals surface area (Å²) in [4.78, 5) is 0. The first-order valence-corrected chi connectivity index (χ1v) is 7.56. The van der Waals surface area contributed by atoms with Crippen molar-refractivity contribution in [3.8, 4) is 0 Å². The molecule has 1 rings (SSSR count). The molecule has 1 aromatic carbocycles. The Bertz CT molecular complexity index is 463. The van der Waals surface area contributed by atoms with Crippen molar-refractivity contribution >= 4 is 65.8 Å². The summed E-state index contributed by atoms with van der Waals surface area (Å²) in [6.07, 6.45) is 1.10. The fourth-order valence-electron chi connectivity index (χ4n) is 0.830. The van der Waals surface area contributed by atoms with Gasteiger partial charge in [-0.1, -0.05) is 27.5 Å². The van der Waals surface area contributed by atoms with E-state index in [1.165, 1.54) is 0 Å². The van der Waals surface area contributed by atoms with Crippen LogP contribution in [-0.4, -0.2) is 14.7 Å². The van der Waals surface area contributed by atoms with Gasteiger partial charge in [-0.05, 0) is 34.7 Å². The predicted octanol–water partition coefficient (Wildman–Crippen LogP) is 3.08. The Balaban J connectivity index is 3.22. The number of hydrogen-bond acceptors (Lipinski definition) is 2. The van der Waals surface area contributed by atoms with E-state index in [1.54, 1.807) is 12.1 Å². The fraction of sp³-hybridized carbons (Fsp3) is 0.143. The average Bonchev–Trinajstić information content (AvgIpc) is 1.96. The van der Waals surface area contributed by atoms with Crippen molar-refractivity contribution < 1.29 is 8.42 Å². The molecule has 14 heavy (non-hydrogen) atoms. The van der Waals surface area contributed by atoms with Gasteiger partial charge in [-0.15, -0.1) is 0 Å². The van der Waals surface area contributed by atoms with E-state index < -0.39 is 10.0 Å². The highest BCUT2D eigenvalue weighted by Crippen LogP contribution is 2.30. The van der Waals surface area contributed by atoms with Crippen molar-refractivity contribution in [3.05, 3.63) is 25.2 Å². The summed E-state index contributed by atoms with van der Waals surface area (Å²) in [7, 11) is -3.27. The topological polar surface area (TPSA) is 46.2 Å². The third-order valence-electron chi connectivity index (χ3n) is 1.29. The average molecular weight is 410 g/mol. The number of benzene rings is 1. The summed E-state index contributed by atoms with van der Waals surface area (Å²) < 4.78 is 25.8. The van der Waals surface area contributed by atoms with Crippen molar-refractivity contribution in [1.82, 2.24) is 0 Å². The largest absolute Gasteiger partial charge is 0.283 e. The molecule has 0 aliphatic heterocycles. The molecule has 0 aromatic heterocycles. The molecule has 0 bridgehead atoms. The Morgan fingerprint density at radius 1 is 1.50 bits per heavy atom. The minimum atomic E-state index is -3.27. The molecule has 0 spiro atoms. The minimum absolute atomic E-state index is 0.479. The molecule has 0 saturated carbocycles. The van der Waals surface area contributed by atoms with E-state index in [4.69, 9.17) is 11.6 Å². The lowest BCUT2D eigenvalue weighted by Gasteiger charge is -2.08. The summed E-state index contributed by atoms with van der Waals surface area (Å²) in [5.41, 5.74) is 0.479. The second-order valence-corrected chi connectivity index (χ2v) is 6.77. The maximum Gasteiger partial charge on any atom is 0.229 e. The lowest BCUT2D eigenvalue weighted by molar-refractivity contribution is 0.607. The summed E-state index contributed by atoms with van der Waals surface area (Å²) >= 11 is 11.1. The summed E-state index contributed by atoms with van der Waals surface area (Å²) in [6, 6.07) is 3.37. The standard InChI is InChI=1S/C7H6BrClINO2S/c1-14(12,13)11-6-3-4(8)2-5(9)7(6)10/h2-3,11H,1H3. The van der Waals surface area contributed by atoms with Gasteiger partial charge in [-0.3, -0.25) is 4.72 Å². The van der Waals surface area contributed by atoms with Gasteiger partial charge >= 0.3 is 0 Å². The van der Waals surface area contributed by atoms with Crippen LogP contribution in [0.25, 0.3) is 0 Å². The highest BCUT2D eigenvalue weighted by molar-refractivity contribution is 14.1. The number of hydrogen-bond donors (Lipinski definition) is 1. The maximum atomic E-state index is 11.0. The highest BCUT2D eigenvalue weighted by Gasteiger charge is 2.09. The highest BCUT2D eigenvalue weighted by atomic mass is 127. The molecule has 0 heterocycles. The van der Waals surface area contributed by atoms with E-state index in [1.807, 2.05) is 22.6 Å². The van der Waals surface area contributed by atoms with Gasteiger partial charge < -0.3 is 0 Å². The van der Waals surface area contributed by atoms with Crippen LogP contribution in [0.3, 0.4) is 0 Å². The Kier molecular flexibility index (Phi) is 4.07. The van der Waals surface area contributed by atoms with Crippen molar-refractivity contribution in [2.24, 2.45) is 0 Å². The van der Waals surface area contributed by atoms with Gasteiger partial charge in [0.15, 0.2) is 0 Å². The van der Waals surface area contributed by atoms with Crippen molar-refractivity contribution in [2.45, 2.75) is 0 Å². The molecular weight excluding hydrogens is 404 g/mol. The van der Waals surface area contributed by atoms with Gasteiger partial charge in [0.25, 0.3) is 0 Å². The van der Waals surface area contributed by atoms with Crippen LogP contribution in [0, 0.1) is 3.57 Å². The van der Waals surface area contributed by atoms with Crippen LogP contribution >= 0.6 is 50.1 Å². The molecular formula is C7H6BrClINO2S. The third kappa shape index (κ3) is 3.56. The van der Waals surface area contributed by atoms with Gasteiger partial charge in [0.2, 0.25) is 10.0 Å². The van der Waals surface area contributed by atoms with Crippen LogP contribution < -0.4 is 4.72 Å². The third-order valence-corrected chi connectivity index (χ3v) is 4.12. The molecule has 1 N–H and O–H groups in total. The van der Waals surface area contributed by atoms with E-state index in [-0.39, 0.29) is 0 Å². The van der Waals surface area contributed by atoms with Crippen LogP contribution in [-0.2, 0) is 10.0 Å². The van der Waals surface area contributed by atoms with E-state index in [9.17, 15) is 8.42 Å². The molecule has 7 heteroatoms. The Morgan fingerprint density at radius 3 is 2.57 bits per heavy atom. The first-order chi connectivity index (χ1) is 6.29. The number of rotatable bonds is 2. The fourth-order valence-corrected chi connectivity index (χ4v) is 2.83. The normalized spacial score (nSPS) is 11.4. The molecule has 0 aliphatic carbocycles. The molecule has 0 unspecified atom stereocenters. The SMILES string of the molecule is CS(=O)(=O)Nc1cc(Br)cc(Cl)c1I. The molecule has 1 aromatic rings. The first-order valence-electron chi connectivity index (χ1n) is 3.42. The number of anilines is 1. The lowest BCUT2D eigenvalue weighted by atomic mass is 10.3. The molecule has 0 fully saturated rings. The van der Waals surface area contributed by atoms with E-state index in [0.717, 1.165) is 10.7 Å². The van der Waals surface area contributed by atoms with Crippen LogP contribution in [0.2, 0.25) is 5.02 Å². The number of sulfonamides is 1. The zero-order chi connectivity index (χ0) is 10.9. The van der Waals surface area contributed by atoms with Gasteiger partial charge in [0.1, 0.15) is 0 Å². The Morgan fingerprint density at radius 2 is 2.07 bits per heavy atom. The van der Waals surface area contributed by atoms with Crippen LogP contribution in [0.15, 0.2) is 16.6 Å². The molecule has 0 aliphatic rings. The Hall–Kier alpha value is 0.470. The smallest absolute Gasteiger partial charge is 0.229 e. The van der Waals surface area contributed by atoms with Crippen molar-refractivity contribution in [1.29, 1.82) is 0 Å². The number of nitrogens with one attached hydrogen (secondary N) is 1. The zero-order valence-corrected chi connectivity index (χ0v) is 12.3. The zero-order valence-electron chi connectivity index (χ0n) is 7.01. The van der Waals surface area contributed by atoms with E-state index in [0.29, 0.717) is 14.3 Å². The van der Waals surface area contributed by atoms with Gasteiger partial charge in [0, 0.05) is 4.47 Å². The second kappa shape index (κ2) is 4.54. The molecule has 0 atom stereocenters. The molecule has 3 nitrogen and oxygen atoms in total. The van der Waals surface area contributed by atoms with Crippen LogP contribution in [0.5, 0.6) is 0 Å². The second-order valence-electron chi connectivity index (χ2n) is 2.62. The van der Waals surface area contributed by atoms with Gasteiger partial charge in [0.05, 0.1) is 20.5 Å². The molecule has 0 amide bonds. The first kappa shape index (κ1) is 12.5. The predicted molar refractivity (Wildman–Crippen MR) is 70.3 cm³/mol. The van der Waals surface area contributed by atoms with Crippen LogP contribution in [0.4, 0.5) is 5.69 Å². The summed E-state index contributed by atoms with van der Waals surface area (Å²) in [5, 5.41) is 0.506. The van der Waals surface area contributed by atoms with E-state index in [2.05, 4.69) is 20.7 Å². The number of halogens is 3. The van der Waals surface area contributed by atoms with Crippen molar-refractivity contribution in [2.75, 3.05) is 11.0 Å². The Labute approximate surface area is 110 Å². The van der Waals surface area contributed by atoms with Crippen molar-refractivity contribution in [3.63, 3.8) is 0 Å². The van der Waals surface area contributed by atoms with Gasteiger partial charge in [-0.25, -0.2) is 8.42 Å². The van der Waals surface area contributed by atoms with E-state index >= 15 is 0 Å². The monoisotopic (exact) mass is 409 g/mol. The van der Waals surface area contributed by atoms with Gasteiger partial charge in [-0.2, -0.15) is 0 Å². The molecule has 0 saturated heterocycles. The maximum absolute atomic E-state index is 11.0.